The average molecular weight is 415 g/mol. The molecule has 2 aliphatic rings. The van der Waals surface area contributed by atoms with Crippen molar-refractivity contribution in [3.63, 3.8) is 0 Å². The summed E-state index contributed by atoms with van der Waals surface area (Å²) in [4.78, 5) is 38.5. The fourth-order valence-electron chi connectivity index (χ4n) is 4.29. The van der Waals surface area contributed by atoms with Crippen LogP contribution in [-0.2, 0) is 9.13 Å². The van der Waals surface area contributed by atoms with Gasteiger partial charge < -0.3 is 19.6 Å². The van der Waals surface area contributed by atoms with E-state index in [1.807, 2.05) is 0 Å². The Kier molecular flexibility index (Phi) is 7.84. The molecule has 12 heteroatoms. The first kappa shape index (κ1) is 22.4. The Bertz CT molecular complexity index is 488. The number of rotatable bonds is 4. The van der Waals surface area contributed by atoms with Crippen molar-refractivity contribution in [2.75, 3.05) is 32.1 Å². The summed E-state index contributed by atoms with van der Waals surface area (Å²) in [6.45, 7) is 1.55. The second-order valence-corrected chi connectivity index (χ2v) is 11.2. The van der Waals surface area contributed by atoms with Crippen LogP contribution in [0.1, 0.15) is 51.4 Å². The van der Waals surface area contributed by atoms with Gasteiger partial charge in [0.25, 0.3) is 0 Å². The van der Waals surface area contributed by atoms with Crippen LogP contribution in [0.5, 0.6) is 0 Å². The molecular formula is C14H33N4O6P2+. The maximum absolute atomic E-state index is 11.8. The van der Waals surface area contributed by atoms with Gasteiger partial charge in [-0.25, -0.2) is 10.0 Å². The quantitative estimate of drug-likeness (QED) is 0.261. The highest BCUT2D eigenvalue weighted by molar-refractivity contribution is 7.51. The van der Waals surface area contributed by atoms with E-state index in [9.17, 15) is 28.7 Å². The van der Waals surface area contributed by atoms with E-state index in [0.717, 1.165) is 38.5 Å². The van der Waals surface area contributed by atoms with E-state index in [1.165, 1.54) is 0 Å². The Balaban J connectivity index is 2.33. The number of nitrogens with zero attached hydrogens (tertiary/aromatic N) is 1. The largest absolute Gasteiger partial charge is 0.381 e. The fourth-order valence-corrected chi connectivity index (χ4v) is 6.70. The van der Waals surface area contributed by atoms with E-state index in [2.05, 4.69) is 16.5 Å². The van der Waals surface area contributed by atoms with E-state index >= 15 is 0 Å². The second-order valence-electron chi connectivity index (χ2n) is 7.90. The maximum Gasteiger partial charge on any atom is 0.381 e. The molecule has 0 radical (unpaired) electrons. The molecule has 154 valence electrons. The smallest absolute Gasteiger partial charge is 0.324 e. The molecule has 0 saturated carbocycles. The molecule has 2 aliphatic heterocycles. The molecule has 0 amide bonds. The molecule has 0 aliphatic carbocycles. The number of hydrogen-bond donors (Lipinski definition) is 7. The predicted octanol–water partition coefficient (Wildman–Crippen LogP) is 0.764. The van der Waals surface area contributed by atoms with E-state index < -0.39 is 20.6 Å². The van der Waals surface area contributed by atoms with Gasteiger partial charge in [-0.2, -0.15) is 0 Å². The molecule has 0 spiro atoms. The number of hydrogen-bond acceptors (Lipinski definition) is 5. The van der Waals surface area contributed by atoms with Gasteiger partial charge in [-0.15, -0.1) is 5.53 Å². The highest BCUT2D eigenvalue weighted by Crippen LogP contribution is 2.49. The van der Waals surface area contributed by atoms with Crippen LogP contribution < -0.4 is 16.5 Å². The van der Waals surface area contributed by atoms with E-state index in [4.69, 9.17) is 0 Å². The van der Waals surface area contributed by atoms with Crippen LogP contribution in [0.25, 0.3) is 0 Å². The first-order valence-electron chi connectivity index (χ1n) is 9.24. The van der Waals surface area contributed by atoms with E-state index in [0.29, 0.717) is 32.5 Å². The normalized spacial score (nSPS) is 32.9. The molecular weight excluding hydrogens is 382 g/mol. The van der Waals surface area contributed by atoms with E-state index in [1.54, 1.807) is 0 Å². The Morgan fingerprint density at radius 3 is 2.23 bits per heavy atom. The monoisotopic (exact) mass is 415 g/mol. The summed E-state index contributed by atoms with van der Waals surface area (Å²) in [5.41, 5.74) is 8.38. The van der Waals surface area contributed by atoms with Crippen LogP contribution in [-0.4, -0.2) is 56.2 Å². The third-order valence-electron chi connectivity index (χ3n) is 5.50. The zero-order chi connectivity index (χ0) is 19.3. The molecule has 2 rings (SSSR count). The van der Waals surface area contributed by atoms with Gasteiger partial charge in [0.2, 0.25) is 0 Å². The molecule has 2 saturated heterocycles. The van der Waals surface area contributed by atoms with Gasteiger partial charge in [-0.3, -0.25) is 9.13 Å². The van der Waals surface area contributed by atoms with Gasteiger partial charge in [0, 0.05) is 13.0 Å². The van der Waals surface area contributed by atoms with Crippen LogP contribution in [0.15, 0.2) is 0 Å². The molecule has 2 heterocycles. The molecule has 26 heavy (non-hydrogen) atoms. The zero-order valence-corrected chi connectivity index (χ0v) is 16.9. The van der Waals surface area contributed by atoms with Crippen molar-refractivity contribution in [1.82, 2.24) is 16.5 Å². The Morgan fingerprint density at radius 1 is 0.846 bits per heavy atom. The summed E-state index contributed by atoms with van der Waals surface area (Å²) in [7, 11) is -8.47. The van der Waals surface area contributed by atoms with Crippen LogP contribution in [0.4, 0.5) is 0 Å². The molecule has 10 nitrogen and oxygen atoms in total. The first-order valence-corrected chi connectivity index (χ1v) is 12.8. The lowest BCUT2D eigenvalue weighted by Crippen LogP contribution is -2.67. The summed E-state index contributed by atoms with van der Waals surface area (Å²) in [6, 6.07) is 0. The van der Waals surface area contributed by atoms with Gasteiger partial charge in [0.15, 0.2) is 6.29 Å². The summed E-state index contributed by atoms with van der Waals surface area (Å²) < 4.78 is 23.6. The lowest BCUT2D eigenvalue weighted by molar-refractivity contribution is -0.967. The van der Waals surface area contributed by atoms with Crippen molar-refractivity contribution in [3.8, 4) is 0 Å². The highest BCUT2D eigenvalue weighted by atomic mass is 31.2. The van der Waals surface area contributed by atoms with Crippen molar-refractivity contribution < 1.29 is 33.3 Å². The van der Waals surface area contributed by atoms with Crippen molar-refractivity contribution in [2.24, 2.45) is 5.41 Å². The lowest BCUT2D eigenvalue weighted by atomic mass is 9.76. The van der Waals surface area contributed by atoms with Crippen molar-refractivity contribution in [2.45, 2.75) is 51.4 Å². The van der Waals surface area contributed by atoms with Gasteiger partial charge in [-0.05, 0) is 37.5 Å². The maximum atomic E-state index is 11.8. The molecule has 2 unspecified atom stereocenters. The van der Waals surface area contributed by atoms with Gasteiger partial charge in [0.1, 0.15) is 0 Å². The van der Waals surface area contributed by atoms with Crippen molar-refractivity contribution in [3.05, 3.63) is 0 Å². The van der Waals surface area contributed by atoms with Crippen molar-refractivity contribution in [1.29, 1.82) is 0 Å². The van der Waals surface area contributed by atoms with Crippen LogP contribution in [0, 0.1) is 5.41 Å². The molecule has 2 bridgehead atoms. The zero-order valence-electron chi connectivity index (χ0n) is 15.1. The van der Waals surface area contributed by atoms with Crippen molar-refractivity contribution >= 4 is 15.2 Å². The lowest BCUT2D eigenvalue weighted by Gasteiger charge is -2.43. The number of fused-ring (bicyclic) bond motifs is 3. The average Bonchev–Trinajstić information content (AvgIpc) is 2.49. The molecule has 2 atom stereocenters. The SMILES string of the molecule is O=P(O)(O)CC12CCCCCC[N+](CP(=O)(O)O)(CC1)NNNCCC2. The number of quaternary nitrogens is 1. The van der Waals surface area contributed by atoms with E-state index in [-0.39, 0.29) is 17.0 Å². The summed E-state index contributed by atoms with van der Waals surface area (Å²) in [5, 5.41) is 0. The first-order chi connectivity index (χ1) is 12.0. The third-order valence-corrected chi connectivity index (χ3v) is 7.49. The summed E-state index contributed by atoms with van der Waals surface area (Å²) in [6.07, 6.45) is 5.85. The standard InChI is InChI=1S/C14H32N4O6P2/c19-25(20,21)12-14-6-3-1-2-4-10-18(11-8-14,13-26(22,23)24)17-16-15-9-5-7-14/h15-17H,1-13H2,(H3-,19,20,21,22,23,24)/p+1. The fraction of sp³-hybridized carbons (Fsp3) is 1.00. The molecule has 0 aromatic rings. The highest BCUT2D eigenvalue weighted by Gasteiger charge is 2.43. The Labute approximate surface area is 154 Å². The Morgan fingerprint density at radius 2 is 1.54 bits per heavy atom. The minimum absolute atomic E-state index is 0.0137. The minimum atomic E-state index is -4.28. The molecule has 0 aromatic heterocycles. The summed E-state index contributed by atoms with van der Waals surface area (Å²) >= 11 is 0. The van der Waals surface area contributed by atoms with Gasteiger partial charge >= 0.3 is 15.2 Å². The van der Waals surface area contributed by atoms with Crippen LogP contribution >= 0.6 is 15.2 Å². The topological polar surface area (TPSA) is 151 Å². The summed E-state index contributed by atoms with van der Waals surface area (Å²) in [5.74, 6) is 0. The van der Waals surface area contributed by atoms with Gasteiger partial charge in [0.05, 0.1) is 19.3 Å². The Hall–Kier alpha value is 0.140. The van der Waals surface area contributed by atoms with Crippen LogP contribution in [0.2, 0.25) is 0 Å². The molecule has 2 fully saturated rings. The third kappa shape index (κ3) is 7.64. The molecule has 0 aromatic carbocycles. The number of nitrogens with one attached hydrogen (secondary N) is 3. The number of hydrazine groups is 2. The van der Waals surface area contributed by atoms with Crippen LogP contribution in [0.3, 0.4) is 0 Å². The predicted molar refractivity (Wildman–Crippen MR) is 97.5 cm³/mol. The second kappa shape index (κ2) is 9.09. The minimum Gasteiger partial charge on any atom is -0.324 e. The van der Waals surface area contributed by atoms with Gasteiger partial charge in [-0.1, -0.05) is 18.4 Å². The molecule has 7 N–H and O–H groups in total.